The Balaban J connectivity index is 1.66. The highest BCUT2D eigenvalue weighted by molar-refractivity contribution is 5.93. The monoisotopic (exact) mass is 425 g/mol. The molecule has 2 N–H and O–H groups in total. The maximum absolute atomic E-state index is 5.67. The maximum atomic E-state index is 5.67. The zero-order chi connectivity index (χ0) is 21.9. The number of aliphatic imine (C=N–C) groups is 1. The molecule has 7 heteroatoms. The highest BCUT2D eigenvalue weighted by Gasteiger charge is 2.11. The molecule has 0 unspecified atom stereocenters. The molecule has 3 rings (SSSR count). The Morgan fingerprint density at radius 1 is 1.06 bits per heavy atom. The highest BCUT2D eigenvalue weighted by Crippen LogP contribution is 2.30. The van der Waals surface area contributed by atoms with Gasteiger partial charge in [-0.1, -0.05) is 18.9 Å². The SMILES string of the molecule is CCNC(=NCc1ccc(N2CCCCCC2)nc1)Nc1ccc(OC)c(OCC)c1. The topological polar surface area (TPSA) is 71.0 Å². The number of hydrogen-bond donors (Lipinski definition) is 2. The number of anilines is 2. The minimum atomic E-state index is 0.553. The van der Waals surface area contributed by atoms with Crippen molar-refractivity contribution < 1.29 is 9.47 Å². The number of pyridine rings is 1. The number of benzene rings is 1. The summed E-state index contributed by atoms with van der Waals surface area (Å²) >= 11 is 0. The van der Waals surface area contributed by atoms with Crippen molar-refractivity contribution in [3.05, 3.63) is 42.1 Å². The Morgan fingerprint density at radius 3 is 2.52 bits per heavy atom. The van der Waals surface area contributed by atoms with Gasteiger partial charge in [0.05, 0.1) is 20.3 Å². The number of hydrogen-bond acceptors (Lipinski definition) is 5. The second-order valence-electron chi connectivity index (χ2n) is 7.54. The van der Waals surface area contributed by atoms with Gasteiger partial charge in [-0.3, -0.25) is 0 Å². The quantitative estimate of drug-likeness (QED) is 0.481. The van der Waals surface area contributed by atoms with Crippen LogP contribution in [0.1, 0.15) is 45.1 Å². The van der Waals surface area contributed by atoms with Crippen molar-refractivity contribution in [2.45, 2.75) is 46.1 Å². The van der Waals surface area contributed by atoms with E-state index in [0.717, 1.165) is 36.7 Å². The lowest BCUT2D eigenvalue weighted by Crippen LogP contribution is -2.30. The normalized spacial score (nSPS) is 14.7. The van der Waals surface area contributed by atoms with Crippen molar-refractivity contribution in [3.8, 4) is 11.5 Å². The predicted octanol–water partition coefficient (Wildman–Crippen LogP) is 4.45. The summed E-state index contributed by atoms with van der Waals surface area (Å²) < 4.78 is 11.0. The fraction of sp³-hybridized carbons (Fsp3) is 0.500. The van der Waals surface area contributed by atoms with Crippen LogP contribution in [0.15, 0.2) is 41.5 Å². The molecule has 0 saturated carbocycles. The molecule has 2 heterocycles. The van der Waals surface area contributed by atoms with Crippen molar-refractivity contribution in [2.24, 2.45) is 4.99 Å². The van der Waals surface area contributed by atoms with Crippen LogP contribution in [-0.4, -0.2) is 44.3 Å². The molecule has 2 aromatic rings. The van der Waals surface area contributed by atoms with E-state index < -0.39 is 0 Å². The standard InChI is InChI=1S/C24H35N5O2/c1-4-25-24(28-20-11-12-21(30-3)22(16-20)31-5-2)27-18-19-10-13-23(26-17-19)29-14-8-6-7-9-15-29/h10-13,16-17H,4-9,14-15,18H2,1-3H3,(H2,25,27,28). The number of rotatable bonds is 8. The highest BCUT2D eigenvalue weighted by atomic mass is 16.5. The first kappa shape index (κ1) is 22.7. The molecular formula is C24H35N5O2. The molecule has 1 aromatic heterocycles. The third-order valence-electron chi connectivity index (χ3n) is 5.23. The van der Waals surface area contributed by atoms with Crippen LogP contribution in [0, 0.1) is 0 Å². The van der Waals surface area contributed by atoms with Crippen LogP contribution >= 0.6 is 0 Å². The Kier molecular flexibility index (Phi) is 8.82. The van der Waals surface area contributed by atoms with E-state index in [2.05, 4.69) is 32.7 Å². The van der Waals surface area contributed by atoms with Crippen molar-refractivity contribution >= 4 is 17.5 Å². The van der Waals surface area contributed by atoms with Gasteiger partial charge in [-0.25, -0.2) is 9.98 Å². The first-order chi connectivity index (χ1) is 15.2. The molecule has 1 aromatic carbocycles. The number of nitrogens with zero attached hydrogens (tertiary/aromatic N) is 3. The second-order valence-corrected chi connectivity index (χ2v) is 7.54. The van der Waals surface area contributed by atoms with Gasteiger partial charge in [0.15, 0.2) is 17.5 Å². The summed E-state index contributed by atoms with van der Waals surface area (Å²) in [6.45, 7) is 8.11. The molecule has 0 spiro atoms. The molecule has 1 aliphatic rings. The smallest absolute Gasteiger partial charge is 0.196 e. The summed E-state index contributed by atoms with van der Waals surface area (Å²) in [6, 6.07) is 10.0. The molecule has 0 bridgehead atoms. The van der Waals surface area contributed by atoms with Crippen LogP contribution in [0.2, 0.25) is 0 Å². The zero-order valence-electron chi connectivity index (χ0n) is 19.0. The van der Waals surface area contributed by atoms with Gasteiger partial charge in [-0.05, 0) is 50.5 Å². The molecule has 0 atom stereocenters. The third kappa shape index (κ3) is 6.77. The minimum absolute atomic E-state index is 0.553. The van der Waals surface area contributed by atoms with E-state index >= 15 is 0 Å². The summed E-state index contributed by atoms with van der Waals surface area (Å²) in [7, 11) is 1.64. The van der Waals surface area contributed by atoms with E-state index in [0.29, 0.717) is 30.6 Å². The van der Waals surface area contributed by atoms with E-state index in [4.69, 9.17) is 14.5 Å². The van der Waals surface area contributed by atoms with Crippen LogP contribution < -0.4 is 25.0 Å². The summed E-state index contributed by atoms with van der Waals surface area (Å²) in [5.74, 6) is 3.21. The first-order valence-corrected chi connectivity index (χ1v) is 11.3. The number of guanidine groups is 1. The van der Waals surface area contributed by atoms with Crippen LogP contribution in [0.4, 0.5) is 11.5 Å². The van der Waals surface area contributed by atoms with Gasteiger partial charge in [-0.15, -0.1) is 0 Å². The summed E-state index contributed by atoms with van der Waals surface area (Å²) in [6.07, 6.45) is 7.09. The number of aromatic nitrogens is 1. The molecular weight excluding hydrogens is 390 g/mol. The molecule has 168 valence electrons. The minimum Gasteiger partial charge on any atom is -0.493 e. The molecule has 0 amide bonds. The summed E-state index contributed by atoms with van der Waals surface area (Å²) in [5.41, 5.74) is 1.97. The van der Waals surface area contributed by atoms with Crippen LogP contribution in [0.25, 0.3) is 0 Å². The molecule has 0 radical (unpaired) electrons. The van der Waals surface area contributed by atoms with Crippen molar-refractivity contribution in [2.75, 3.05) is 43.6 Å². The van der Waals surface area contributed by atoms with Crippen LogP contribution in [0.3, 0.4) is 0 Å². The molecule has 1 fully saturated rings. The predicted molar refractivity (Wildman–Crippen MR) is 128 cm³/mol. The Labute approximate surface area is 185 Å². The number of ether oxygens (including phenoxy) is 2. The van der Waals surface area contributed by atoms with Crippen molar-refractivity contribution in [1.82, 2.24) is 10.3 Å². The maximum Gasteiger partial charge on any atom is 0.196 e. The molecule has 1 aliphatic heterocycles. The molecule has 31 heavy (non-hydrogen) atoms. The number of nitrogens with one attached hydrogen (secondary N) is 2. The average molecular weight is 426 g/mol. The van der Waals surface area contributed by atoms with Gasteiger partial charge in [-0.2, -0.15) is 0 Å². The van der Waals surface area contributed by atoms with Gasteiger partial charge in [0.1, 0.15) is 5.82 Å². The average Bonchev–Trinajstić information content (AvgIpc) is 3.08. The van der Waals surface area contributed by atoms with E-state index in [-0.39, 0.29) is 0 Å². The van der Waals surface area contributed by atoms with Crippen LogP contribution in [0.5, 0.6) is 11.5 Å². The largest absolute Gasteiger partial charge is 0.493 e. The molecule has 1 saturated heterocycles. The Hall–Kier alpha value is -2.96. The van der Waals surface area contributed by atoms with Gasteiger partial charge in [0.25, 0.3) is 0 Å². The summed E-state index contributed by atoms with van der Waals surface area (Å²) in [4.78, 5) is 11.8. The zero-order valence-corrected chi connectivity index (χ0v) is 19.0. The van der Waals surface area contributed by atoms with Gasteiger partial charge in [0.2, 0.25) is 0 Å². The van der Waals surface area contributed by atoms with E-state index in [9.17, 15) is 0 Å². The van der Waals surface area contributed by atoms with E-state index in [1.165, 1.54) is 25.7 Å². The Bertz CT molecular complexity index is 830. The lowest BCUT2D eigenvalue weighted by atomic mass is 10.2. The lowest BCUT2D eigenvalue weighted by molar-refractivity contribution is 0.311. The fourth-order valence-electron chi connectivity index (χ4n) is 3.63. The van der Waals surface area contributed by atoms with Crippen LogP contribution in [-0.2, 0) is 6.54 Å². The van der Waals surface area contributed by atoms with Crippen molar-refractivity contribution in [3.63, 3.8) is 0 Å². The van der Waals surface area contributed by atoms with E-state index in [1.54, 1.807) is 7.11 Å². The van der Waals surface area contributed by atoms with Gasteiger partial charge in [0, 0.05) is 37.6 Å². The molecule has 7 nitrogen and oxygen atoms in total. The summed E-state index contributed by atoms with van der Waals surface area (Å²) in [5, 5.41) is 6.63. The van der Waals surface area contributed by atoms with Gasteiger partial charge >= 0.3 is 0 Å². The first-order valence-electron chi connectivity index (χ1n) is 11.3. The fourth-order valence-corrected chi connectivity index (χ4v) is 3.63. The number of methoxy groups -OCH3 is 1. The third-order valence-corrected chi connectivity index (χ3v) is 5.23. The van der Waals surface area contributed by atoms with Crippen molar-refractivity contribution in [1.29, 1.82) is 0 Å². The lowest BCUT2D eigenvalue weighted by Gasteiger charge is -2.21. The van der Waals surface area contributed by atoms with Gasteiger partial charge < -0.3 is 25.0 Å². The Morgan fingerprint density at radius 2 is 1.87 bits per heavy atom. The van der Waals surface area contributed by atoms with E-state index in [1.807, 2.05) is 38.2 Å². The second kappa shape index (κ2) is 12.0. The molecule has 0 aliphatic carbocycles.